The molecule has 1 heterocycles. The third kappa shape index (κ3) is 3.95. The van der Waals surface area contributed by atoms with Gasteiger partial charge in [0, 0.05) is 11.8 Å². The van der Waals surface area contributed by atoms with Crippen molar-refractivity contribution in [3.8, 4) is 5.75 Å². The number of hydrogen-bond acceptors (Lipinski definition) is 4. The molecule has 5 nitrogen and oxygen atoms in total. The van der Waals surface area contributed by atoms with Gasteiger partial charge in [-0.3, -0.25) is 9.59 Å². The first-order chi connectivity index (χ1) is 10.1. The summed E-state index contributed by atoms with van der Waals surface area (Å²) in [6, 6.07) is 8.82. The van der Waals surface area contributed by atoms with E-state index in [0.29, 0.717) is 11.4 Å². The fourth-order valence-electron chi connectivity index (χ4n) is 1.83. The first-order valence-corrected chi connectivity index (χ1v) is 6.70. The minimum absolute atomic E-state index is 0.0639. The van der Waals surface area contributed by atoms with Gasteiger partial charge < -0.3 is 14.5 Å². The van der Waals surface area contributed by atoms with Crippen LogP contribution in [-0.2, 0) is 11.2 Å². The van der Waals surface area contributed by atoms with E-state index in [2.05, 4.69) is 12.2 Å². The number of ether oxygens (including phenoxy) is 1. The summed E-state index contributed by atoms with van der Waals surface area (Å²) in [5.74, 6) is 0.0819. The maximum Gasteiger partial charge on any atom is 0.262 e. The fraction of sp³-hybridized carbons (Fsp3) is 0.250. The predicted molar refractivity (Wildman–Crippen MR) is 79.7 cm³/mol. The second-order valence-electron chi connectivity index (χ2n) is 4.56. The maximum absolute atomic E-state index is 11.8. The summed E-state index contributed by atoms with van der Waals surface area (Å²) in [6.45, 7) is 3.43. The summed E-state index contributed by atoms with van der Waals surface area (Å²) >= 11 is 0. The van der Waals surface area contributed by atoms with Crippen LogP contribution in [0.2, 0.25) is 0 Å². The molecule has 0 spiro atoms. The smallest absolute Gasteiger partial charge is 0.262 e. The quantitative estimate of drug-likeness (QED) is 0.917. The highest BCUT2D eigenvalue weighted by molar-refractivity contribution is 5.91. The van der Waals surface area contributed by atoms with Crippen LogP contribution in [0.25, 0.3) is 0 Å². The number of carbonyl (C=O) groups excluding carboxylic acids is 1. The first-order valence-electron chi connectivity index (χ1n) is 6.70. The molecule has 1 N–H and O–H groups in total. The second kappa shape index (κ2) is 6.74. The Morgan fingerprint density at radius 1 is 1.24 bits per heavy atom. The van der Waals surface area contributed by atoms with Crippen LogP contribution in [-0.4, -0.2) is 12.5 Å². The van der Waals surface area contributed by atoms with Crippen LogP contribution in [0.5, 0.6) is 5.75 Å². The van der Waals surface area contributed by atoms with Gasteiger partial charge >= 0.3 is 0 Å². The lowest BCUT2D eigenvalue weighted by Crippen LogP contribution is -2.22. The van der Waals surface area contributed by atoms with E-state index < -0.39 is 0 Å². The molecular formula is C16H17NO4. The molecule has 0 fully saturated rings. The van der Waals surface area contributed by atoms with Gasteiger partial charge in [-0.2, -0.15) is 0 Å². The first kappa shape index (κ1) is 14.8. The Hall–Kier alpha value is -2.56. The number of amides is 1. The Kier molecular flexibility index (Phi) is 4.77. The van der Waals surface area contributed by atoms with E-state index in [9.17, 15) is 9.59 Å². The maximum atomic E-state index is 11.8. The molecule has 0 aliphatic carbocycles. The molecule has 110 valence electrons. The molecule has 0 aliphatic heterocycles. The number of carbonyl (C=O) groups is 1. The van der Waals surface area contributed by atoms with Gasteiger partial charge in [-0.25, -0.2) is 0 Å². The van der Waals surface area contributed by atoms with Crippen molar-refractivity contribution in [2.75, 3.05) is 11.9 Å². The van der Waals surface area contributed by atoms with E-state index in [1.807, 2.05) is 24.3 Å². The largest absolute Gasteiger partial charge is 0.476 e. The molecule has 1 amide bonds. The summed E-state index contributed by atoms with van der Waals surface area (Å²) in [4.78, 5) is 23.4. The SMILES string of the molecule is CCc1ccc(NC(=O)COc2c(C)occc2=O)cc1. The molecule has 0 atom stereocenters. The molecule has 2 aromatic rings. The molecular weight excluding hydrogens is 270 g/mol. The Labute approximate surface area is 122 Å². The van der Waals surface area contributed by atoms with E-state index in [1.54, 1.807) is 6.92 Å². The van der Waals surface area contributed by atoms with Crippen LogP contribution >= 0.6 is 0 Å². The molecule has 0 radical (unpaired) electrons. The van der Waals surface area contributed by atoms with E-state index in [-0.39, 0.29) is 23.7 Å². The molecule has 0 unspecified atom stereocenters. The monoisotopic (exact) mass is 287 g/mol. The summed E-state index contributed by atoms with van der Waals surface area (Å²) in [5.41, 5.74) is 1.58. The van der Waals surface area contributed by atoms with Crippen molar-refractivity contribution in [3.63, 3.8) is 0 Å². The van der Waals surface area contributed by atoms with Gasteiger partial charge in [-0.1, -0.05) is 19.1 Å². The lowest BCUT2D eigenvalue weighted by Gasteiger charge is -2.08. The third-order valence-corrected chi connectivity index (χ3v) is 3.00. The van der Waals surface area contributed by atoms with E-state index >= 15 is 0 Å². The van der Waals surface area contributed by atoms with Gasteiger partial charge in [-0.05, 0) is 31.0 Å². The number of benzene rings is 1. The van der Waals surface area contributed by atoms with Crippen LogP contribution in [0.3, 0.4) is 0 Å². The normalized spacial score (nSPS) is 10.2. The molecule has 0 saturated heterocycles. The Bertz CT molecular complexity index is 673. The number of hydrogen-bond donors (Lipinski definition) is 1. The standard InChI is InChI=1S/C16H17NO4/c1-3-12-4-6-13(7-5-12)17-15(19)10-21-16-11(2)20-9-8-14(16)18/h4-9H,3,10H2,1-2H3,(H,17,19). The van der Waals surface area contributed by atoms with Crippen molar-refractivity contribution in [1.82, 2.24) is 0 Å². The average Bonchev–Trinajstić information content (AvgIpc) is 2.47. The number of rotatable bonds is 5. The molecule has 0 bridgehead atoms. The zero-order chi connectivity index (χ0) is 15.2. The van der Waals surface area contributed by atoms with Crippen molar-refractivity contribution in [2.45, 2.75) is 20.3 Å². The van der Waals surface area contributed by atoms with Gasteiger partial charge in [0.1, 0.15) is 5.76 Å². The molecule has 0 saturated carbocycles. The van der Waals surface area contributed by atoms with Gasteiger partial charge in [0.15, 0.2) is 6.61 Å². The topological polar surface area (TPSA) is 68.5 Å². The zero-order valence-corrected chi connectivity index (χ0v) is 12.0. The third-order valence-electron chi connectivity index (χ3n) is 3.00. The number of anilines is 1. The minimum Gasteiger partial charge on any atom is -0.476 e. The second-order valence-corrected chi connectivity index (χ2v) is 4.56. The highest BCUT2D eigenvalue weighted by Crippen LogP contribution is 2.12. The molecule has 2 rings (SSSR count). The van der Waals surface area contributed by atoms with Crippen molar-refractivity contribution in [3.05, 3.63) is 58.1 Å². The molecule has 1 aromatic heterocycles. The van der Waals surface area contributed by atoms with E-state index in [1.165, 1.54) is 17.9 Å². The van der Waals surface area contributed by atoms with Gasteiger partial charge in [-0.15, -0.1) is 0 Å². The Morgan fingerprint density at radius 2 is 1.95 bits per heavy atom. The lowest BCUT2D eigenvalue weighted by atomic mass is 10.1. The van der Waals surface area contributed by atoms with E-state index in [4.69, 9.17) is 9.15 Å². The Balaban J connectivity index is 1.94. The summed E-state index contributed by atoms with van der Waals surface area (Å²) < 4.78 is 10.3. The van der Waals surface area contributed by atoms with Crippen molar-refractivity contribution in [1.29, 1.82) is 0 Å². The van der Waals surface area contributed by atoms with Crippen molar-refractivity contribution < 1.29 is 13.9 Å². The van der Waals surface area contributed by atoms with Gasteiger partial charge in [0.05, 0.1) is 6.26 Å². The van der Waals surface area contributed by atoms with Crippen LogP contribution in [0.15, 0.2) is 45.8 Å². The average molecular weight is 287 g/mol. The highest BCUT2D eigenvalue weighted by Gasteiger charge is 2.09. The highest BCUT2D eigenvalue weighted by atomic mass is 16.5. The van der Waals surface area contributed by atoms with Crippen molar-refractivity contribution in [2.24, 2.45) is 0 Å². The summed E-state index contributed by atoms with van der Waals surface area (Å²) in [5, 5.41) is 2.71. The minimum atomic E-state index is -0.332. The fourth-order valence-corrected chi connectivity index (χ4v) is 1.83. The molecule has 1 aromatic carbocycles. The molecule has 0 aliphatic rings. The van der Waals surface area contributed by atoms with Gasteiger partial charge in [0.25, 0.3) is 5.91 Å². The van der Waals surface area contributed by atoms with Crippen LogP contribution in [0.4, 0.5) is 5.69 Å². The summed E-state index contributed by atoms with van der Waals surface area (Å²) in [6.07, 6.45) is 2.24. The summed E-state index contributed by atoms with van der Waals surface area (Å²) in [7, 11) is 0. The number of aryl methyl sites for hydroxylation is 2. The van der Waals surface area contributed by atoms with Crippen molar-refractivity contribution >= 4 is 11.6 Å². The molecule has 21 heavy (non-hydrogen) atoms. The zero-order valence-electron chi connectivity index (χ0n) is 12.0. The van der Waals surface area contributed by atoms with Crippen LogP contribution in [0.1, 0.15) is 18.2 Å². The van der Waals surface area contributed by atoms with Gasteiger partial charge in [0.2, 0.25) is 11.2 Å². The van der Waals surface area contributed by atoms with Crippen LogP contribution in [0, 0.1) is 6.92 Å². The number of nitrogens with one attached hydrogen (secondary N) is 1. The predicted octanol–water partition coefficient (Wildman–Crippen LogP) is 2.53. The van der Waals surface area contributed by atoms with E-state index in [0.717, 1.165) is 6.42 Å². The molecule has 5 heteroatoms. The lowest BCUT2D eigenvalue weighted by molar-refractivity contribution is -0.118. The Morgan fingerprint density at radius 3 is 2.57 bits per heavy atom. The van der Waals surface area contributed by atoms with Crippen LogP contribution < -0.4 is 15.5 Å².